The molecule has 0 atom stereocenters. The van der Waals surface area contributed by atoms with Crippen molar-refractivity contribution in [3.05, 3.63) is 81.1 Å². The number of aromatic nitrogens is 1. The van der Waals surface area contributed by atoms with Gasteiger partial charge in [0, 0.05) is 19.8 Å². The van der Waals surface area contributed by atoms with Gasteiger partial charge >= 0.3 is 0 Å². The van der Waals surface area contributed by atoms with Crippen LogP contribution in [0.25, 0.3) is 0 Å². The molecule has 0 bridgehead atoms. The van der Waals surface area contributed by atoms with E-state index in [4.69, 9.17) is 33.1 Å². The molecule has 0 saturated carbocycles. The number of benzene rings is 2. The zero-order valence-electron chi connectivity index (χ0n) is 17.1. The molecule has 0 aliphatic rings. The lowest BCUT2D eigenvalue weighted by Crippen LogP contribution is -2.28. The van der Waals surface area contributed by atoms with Gasteiger partial charge in [-0.2, -0.15) is 0 Å². The van der Waals surface area contributed by atoms with Crippen LogP contribution in [0.5, 0.6) is 11.5 Å². The molecule has 4 N–H and O–H groups in total. The van der Waals surface area contributed by atoms with Crippen molar-refractivity contribution in [2.45, 2.75) is 13.0 Å². The Bertz CT molecular complexity index is 1130. The summed E-state index contributed by atoms with van der Waals surface area (Å²) >= 11 is 12.0. The van der Waals surface area contributed by atoms with Crippen molar-refractivity contribution in [3.8, 4) is 11.5 Å². The SMILES string of the molecule is Cn1cc(C(=O)NO)c(OCc2ccc(Cl)c(Cl)c2)c1C(=O)NCCc1ccc(O)cc1. The van der Waals surface area contributed by atoms with E-state index in [2.05, 4.69) is 5.32 Å². The van der Waals surface area contributed by atoms with Gasteiger partial charge in [0.25, 0.3) is 11.8 Å². The van der Waals surface area contributed by atoms with Crippen molar-refractivity contribution in [1.29, 1.82) is 0 Å². The Labute approximate surface area is 194 Å². The van der Waals surface area contributed by atoms with Crippen LogP contribution in [0, 0.1) is 0 Å². The van der Waals surface area contributed by atoms with Crippen molar-refractivity contribution in [3.63, 3.8) is 0 Å². The third-order valence-electron chi connectivity index (χ3n) is 4.70. The molecule has 32 heavy (non-hydrogen) atoms. The molecule has 1 aromatic heterocycles. The molecule has 2 aromatic carbocycles. The second-order valence-corrected chi connectivity index (χ2v) is 7.80. The maximum absolute atomic E-state index is 12.9. The molecule has 3 rings (SSSR count). The van der Waals surface area contributed by atoms with Crippen LogP contribution >= 0.6 is 23.2 Å². The van der Waals surface area contributed by atoms with Crippen LogP contribution in [-0.2, 0) is 20.1 Å². The molecule has 8 nitrogen and oxygen atoms in total. The summed E-state index contributed by atoms with van der Waals surface area (Å²) in [6.45, 7) is 0.336. The molecule has 0 radical (unpaired) electrons. The van der Waals surface area contributed by atoms with Gasteiger partial charge in [-0.05, 0) is 41.8 Å². The first kappa shape index (κ1) is 23.5. The topological polar surface area (TPSA) is 113 Å². The number of ether oxygens (including phenoxy) is 1. The first-order valence-electron chi connectivity index (χ1n) is 9.56. The number of phenolic OH excluding ortho intramolecular Hbond substituents is 1. The van der Waals surface area contributed by atoms with Gasteiger partial charge in [0.1, 0.15) is 23.6 Å². The number of amides is 2. The summed E-state index contributed by atoms with van der Waals surface area (Å²) < 4.78 is 7.26. The van der Waals surface area contributed by atoms with E-state index >= 15 is 0 Å². The van der Waals surface area contributed by atoms with Crippen molar-refractivity contribution >= 4 is 35.0 Å². The van der Waals surface area contributed by atoms with Crippen molar-refractivity contribution in [1.82, 2.24) is 15.4 Å². The highest BCUT2D eigenvalue weighted by Gasteiger charge is 2.25. The van der Waals surface area contributed by atoms with E-state index < -0.39 is 11.8 Å². The number of phenols is 1. The van der Waals surface area contributed by atoms with Gasteiger partial charge in [0.15, 0.2) is 5.75 Å². The minimum atomic E-state index is -0.812. The molecule has 168 valence electrons. The number of aromatic hydroxyl groups is 1. The number of hydroxylamine groups is 1. The van der Waals surface area contributed by atoms with Crippen LogP contribution in [0.2, 0.25) is 10.0 Å². The van der Waals surface area contributed by atoms with Crippen LogP contribution in [0.1, 0.15) is 32.0 Å². The predicted molar refractivity (Wildman–Crippen MR) is 120 cm³/mol. The minimum Gasteiger partial charge on any atom is -0.508 e. The Morgan fingerprint density at radius 3 is 2.38 bits per heavy atom. The van der Waals surface area contributed by atoms with Gasteiger partial charge in [-0.1, -0.05) is 41.4 Å². The van der Waals surface area contributed by atoms with Gasteiger partial charge in [-0.15, -0.1) is 0 Å². The fraction of sp³-hybridized carbons (Fsp3) is 0.182. The lowest BCUT2D eigenvalue weighted by Gasteiger charge is -2.12. The number of nitrogens with zero attached hydrogens (tertiary/aromatic N) is 1. The first-order valence-corrected chi connectivity index (χ1v) is 10.3. The van der Waals surface area contributed by atoms with Crippen LogP contribution in [0.15, 0.2) is 48.7 Å². The summed E-state index contributed by atoms with van der Waals surface area (Å²) in [4.78, 5) is 25.0. The molecule has 0 fully saturated rings. The lowest BCUT2D eigenvalue weighted by molar-refractivity contribution is 0.0702. The summed E-state index contributed by atoms with van der Waals surface area (Å²) in [6, 6.07) is 11.6. The lowest BCUT2D eigenvalue weighted by atomic mass is 10.1. The first-order chi connectivity index (χ1) is 15.3. The summed E-state index contributed by atoms with van der Waals surface area (Å²) in [5.74, 6) is -1.08. The van der Waals surface area contributed by atoms with Crippen LogP contribution in [0.3, 0.4) is 0 Å². The Hall–Kier alpha value is -3.20. The second kappa shape index (κ2) is 10.4. The molecular formula is C22H21Cl2N3O5. The number of rotatable bonds is 8. The van der Waals surface area contributed by atoms with Crippen molar-refractivity contribution in [2.75, 3.05) is 6.54 Å². The number of carbonyl (C=O) groups excluding carboxylic acids is 2. The van der Waals surface area contributed by atoms with Crippen LogP contribution in [-0.4, -0.2) is 33.2 Å². The Morgan fingerprint density at radius 1 is 1.03 bits per heavy atom. The average molecular weight is 478 g/mol. The van der Waals surface area contributed by atoms with E-state index in [0.29, 0.717) is 28.6 Å². The van der Waals surface area contributed by atoms with Gasteiger partial charge in [-0.3, -0.25) is 14.8 Å². The molecule has 1 heterocycles. The smallest absolute Gasteiger partial charge is 0.279 e. The second-order valence-electron chi connectivity index (χ2n) is 6.98. The van der Waals surface area contributed by atoms with Crippen LogP contribution in [0.4, 0.5) is 0 Å². The van der Waals surface area contributed by atoms with Crippen molar-refractivity contribution < 1.29 is 24.6 Å². The number of carbonyl (C=O) groups is 2. The quantitative estimate of drug-likeness (QED) is 0.291. The van der Waals surface area contributed by atoms with Crippen LogP contribution < -0.4 is 15.5 Å². The molecule has 0 saturated heterocycles. The number of halogens is 2. The summed E-state index contributed by atoms with van der Waals surface area (Å²) in [5.41, 5.74) is 3.30. The molecule has 0 unspecified atom stereocenters. The van der Waals surface area contributed by atoms with E-state index in [1.807, 2.05) is 0 Å². The largest absolute Gasteiger partial charge is 0.508 e. The molecule has 2 amide bonds. The third-order valence-corrected chi connectivity index (χ3v) is 5.44. The summed E-state index contributed by atoms with van der Waals surface area (Å²) in [6.07, 6.45) is 1.94. The molecule has 10 heteroatoms. The zero-order chi connectivity index (χ0) is 23.3. The third kappa shape index (κ3) is 5.53. The Kier molecular flexibility index (Phi) is 7.63. The standard InChI is InChI=1S/C22H21Cl2N3O5/c1-27-11-16(21(29)26-31)20(32-12-14-4-7-17(23)18(24)10-14)19(27)22(30)25-9-8-13-2-5-15(28)6-3-13/h2-7,10-11,28,31H,8-9,12H2,1H3,(H,25,30)(H,26,29). The molecule has 0 aliphatic carbocycles. The highest BCUT2D eigenvalue weighted by molar-refractivity contribution is 6.42. The maximum atomic E-state index is 12.9. The maximum Gasteiger partial charge on any atom is 0.279 e. The summed E-state index contributed by atoms with van der Waals surface area (Å²) in [7, 11) is 1.59. The average Bonchev–Trinajstić information content (AvgIpc) is 3.11. The molecular weight excluding hydrogens is 457 g/mol. The number of aryl methyl sites for hydroxylation is 1. The monoisotopic (exact) mass is 477 g/mol. The number of nitrogens with one attached hydrogen (secondary N) is 2. The van der Waals surface area contributed by atoms with E-state index in [0.717, 1.165) is 5.56 Å². The van der Waals surface area contributed by atoms with Crippen molar-refractivity contribution in [2.24, 2.45) is 7.05 Å². The minimum absolute atomic E-state index is 0.00116. The van der Waals surface area contributed by atoms with E-state index in [1.165, 1.54) is 10.8 Å². The Balaban J connectivity index is 1.78. The number of hydrogen-bond donors (Lipinski definition) is 4. The fourth-order valence-electron chi connectivity index (χ4n) is 3.09. The molecule has 0 spiro atoms. The molecule has 3 aromatic rings. The van der Waals surface area contributed by atoms with E-state index in [9.17, 15) is 14.7 Å². The summed E-state index contributed by atoms with van der Waals surface area (Å²) in [5, 5.41) is 22.0. The highest BCUT2D eigenvalue weighted by Crippen LogP contribution is 2.28. The fourth-order valence-corrected chi connectivity index (χ4v) is 3.41. The molecule has 0 aliphatic heterocycles. The predicted octanol–water partition coefficient (Wildman–Crippen LogP) is 3.71. The van der Waals surface area contributed by atoms with Gasteiger partial charge in [-0.25, -0.2) is 5.48 Å². The van der Waals surface area contributed by atoms with E-state index in [-0.39, 0.29) is 29.4 Å². The number of hydrogen-bond acceptors (Lipinski definition) is 5. The van der Waals surface area contributed by atoms with Gasteiger partial charge < -0.3 is 19.7 Å². The van der Waals surface area contributed by atoms with Gasteiger partial charge in [0.05, 0.1) is 10.0 Å². The zero-order valence-corrected chi connectivity index (χ0v) is 18.6. The van der Waals surface area contributed by atoms with E-state index in [1.54, 1.807) is 55.0 Å². The Morgan fingerprint density at radius 2 is 1.72 bits per heavy atom. The normalized spacial score (nSPS) is 10.6. The van der Waals surface area contributed by atoms with Gasteiger partial charge in [0.2, 0.25) is 0 Å². The highest BCUT2D eigenvalue weighted by atomic mass is 35.5.